The molecule has 8 heteroatoms. The van der Waals surface area contributed by atoms with Gasteiger partial charge in [-0.1, -0.05) is 11.6 Å². The van der Waals surface area contributed by atoms with Crippen molar-refractivity contribution in [2.75, 3.05) is 5.32 Å². The van der Waals surface area contributed by atoms with Crippen molar-refractivity contribution in [3.63, 3.8) is 0 Å². The first-order chi connectivity index (χ1) is 14.0. The molecule has 6 nitrogen and oxygen atoms in total. The summed E-state index contributed by atoms with van der Waals surface area (Å²) in [6.07, 6.45) is 2.21. The standard InChI is InChI=1S/C21H16ClFN4O2/c1-11-18(19(22)27(26-11)15-7-4-13(23)5-8-15)20(28)24-14-6-9-17-16(10-14)25-21(29-17)12-2-3-12/h4-10,12H,2-3H2,1H3,(H,24,28). The lowest BCUT2D eigenvalue weighted by Gasteiger charge is -2.06. The highest BCUT2D eigenvalue weighted by Gasteiger charge is 2.29. The Bertz CT molecular complexity index is 1240. The molecular formula is C21H16ClFN4O2. The smallest absolute Gasteiger partial charge is 0.260 e. The Morgan fingerprint density at radius 1 is 1.24 bits per heavy atom. The highest BCUT2D eigenvalue weighted by Crippen LogP contribution is 2.40. The number of hydrogen-bond acceptors (Lipinski definition) is 4. The van der Waals surface area contributed by atoms with E-state index in [4.69, 9.17) is 16.0 Å². The van der Waals surface area contributed by atoms with Crippen molar-refractivity contribution in [2.24, 2.45) is 0 Å². The van der Waals surface area contributed by atoms with E-state index in [2.05, 4.69) is 15.4 Å². The molecule has 2 aromatic heterocycles. The molecule has 0 bridgehead atoms. The van der Waals surface area contributed by atoms with E-state index in [1.165, 1.54) is 16.8 Å². The highest BCUT2D eigenvalue weighted by molar-refractivity contribution is 6.34. The minimum atomic E-state index is -0.383. The molecule has 0 spiro atoms. The highest BCUT2D eigenvalue weighted by atomic mass is 35.5. The number of carbonyl (C=O) groups excluding carboxylic acids is 1. The number of nitrogens with one attached hydrogen (secondary N) is 1. The summed E-state index contributed by atoms with van der Waals surface area (Å²) < 4.78 is 20.3. The van der Waals surface area contributed by atoms with E-state index in [1.54, 1.807) is 37.3 Å². The van der Waals surface area contributed by atoms with Crippen LogP contribution in [0, 0.1) is 12.7 Å². The Kier molecular flexibility index (Phi) is 4.13. The number of anilines is 1. The third-order valence-corrected chi connectivity index (χ3v) is 5.24. The quantitative estimate of drug-likeness (QED) is 0.499. The lowest BCUT2D eigenvalue weighted by atomic mass is 10.2. The summed E-state index contributed by atoms with van der Waals surface area (Å²) >= 11 is 6.42. The van der Waals surface area contributed by atoms with Crippen molar-refractivity contribution in [3.05, 3.63) is 70.6 Å². The summed E-state index contributed by atoms with van der Waals surface area (Å²) in [4.78, 5) is 17.4. The Labute approximate surface area is 170 Å². The first kappa shape index (κ1) is 17.9. The number of halogens is 2. The predicted octanol–water partition coefficient (Wildman–Crippen LogP) is 5.24. The van der Waals surface area contributed by atoms with Crippen LogP contribution in [0.4, 0.5) is 10.1 Å². The first-order valence-corrected chi connectivity index (χ1v) is 9.60. The molecule has 0 saturated heterocycles. The van der Waals surface area contributed by atoms with Crippen molar-refractivity contribution in [3.8, 4) is 5.69 Å². The Hall–Kier alpha value is -3.19. The van der Waals surface area contributed by atoms with Crippen molar-refractivity contribution in [1.29, 1.82) is 0 Å². The zero-order chi connectivity index (χ0) is 20.1. The number of hydrogen-bond donors (Lipinski definition) is 1. The zero-order valence-electron chi connectivity index (χ0n) is 15.4. The molecule has 2 aromatic carbocycles. The summed E-state index contributed by atoms with van der Waals surface area (Å²) in [7, 11) is 0. The molecule has 4 aromatic rings. The summed E-state index contributed by atoms with van der Waals surface area (Å²) in [5.74, 6) is 0.424. The average molecular weight is 411 g/mol. The van der Waals surface area contributed by atoms with Crippen LogP contribution in [0.3, 0.4) is 0 Å². The molecule has 0 unspecified atom stereocenters. The number of aromatic nitrogens is 3. The van der Waals surface area contributed by atoms with Crippen LogP contribution in [0.2, 0.25) is 5.15 Å². The van der Waals surface area contributed by atoms with Gasteiger partial charge in [0.1, 0.15) is 22.1 Å². The number of rotatable bonds is 4. The van der Waals surface area contributed by atoms with Gasteiger partial charge in [-0.2, -0.15) is 5.10 Å². The van der Waals surface area contributed by atoms with Gasteiger partial charge in [0.2, 0.25) is 0 Å². The van der Waals surface area contributed by atoms with Gasteiger partial charge in [-0.3, -0.25) is 4.79 Å². The van der Waals surface area contributed by atoms with E-state index in [9.17, 15) is 9.18 Å². The van der Waals surface area contributed by atoms with E-state index >= 15 is 0 Å². The molecule has 1 amide bonds. The summed E-state index contributed by atoms with van der Waals surface area (Å²) in [5.41, 5.74) is 3.28. The van der Waals surface area contributed by atoms with Gasteiger partial charge in [0, 0.05) is 11.6 Å². The number of nitrogens with zero attached hydrogens (tertiary/aromatic N) is 3. The van der Waals surface area contributed by atoms with Gasteiger partial charge in [-0.25, -0.2) is 14.1 Å². The van der Waals surface area contributed by atoms with Crippen LogP contribution < -0.4 is 5.32 Å². The number of benzene rings is 2. The number of amides is 1. The molecule has 2 heterocycles. The van der Waals surface area contributed by atoms with E-state index in [-0.39, 0.29) is 22.4 Å². The van der Waals surface area contributed by atoms with E-state index in [0.29, 0.717) is 34.1 Å². The molecule has 146 valence electrons. The van der Waals surface area contributed by atoms with Gasteiger partial charge in [0.25, 0.3) is 5.91 Å². The second-order valence-electron chi connectivity index (χ2n) is 7.10. The normalized spacial score (nSPS) is 13.8. The van der Waals surface area contributed by atoms with Crippen LogP contribution in [0.15, 0.2) is 46.9 Å². The molecular weight excluding hydrogens is 395 g/mol. The van der Waals surface area contributed by atoms with Crippen molar-refractivity contribution >= 4 is 34.3 Å². The fourth-order valence-electron chi connectivity index (χ4n) is 3.23. The molecule has 1 aliphatic carbocycles. The van der Waals surface area contributed by atoms with Crippen LogP contribution in [-0.4, -0.2) is 20.7 Å². The maximum Gasteiger partial charge on any atom is 0.260 e. The lowest BCUT2D eigenvalue weighted by Crippen LogP contribution is -2.13. The molecule has 1 fully saturated rings. The van der Waals surface area contributed by atoms with Crippen molar-refractivity contribution < 1.29 is 13.6 Å². The van der Waals surface area contributed by atoms with Crippen LogP contribution in [0.1, 0.15) is 40.7 Å². The minimum absolute atomic E-state index is 0.158. The van der Waals surface area contributed by atoms with Gasteiger partial charge in [0.15, 0.2) is 11.5 Å². The van der Waals surface area contributed by atoms with Crippen LogP contribution in [0.25, 0.3) is 16.8 Å². The molecule has 0 atom stereocenters. The summed E-state index contributed by atoms with van der Waals surface area (Å²) in [6.45, 7) is 1.70. The first-order valence-electron chi connectivity index (χ1n) is 9.22. The van der Waals surface area contributed by atoms with E-state index in [0.717, 1.165) is 18.7 Å². The molecule has 29 heavy (non-hydrogen) atoms. The predicted molar refractivity (Wildman–Crippen MR) is 107 cm³/mol. The van der Waals surface area contributed by atoms with E-state index < -0.39 is 0 Å². The Morgan fingerprint density at radius 3 is 2.72 bits per heavy atom. The van der Waals surface area contributed by atoms with Crippen molar-refractivity contribution in [1.82, 2.24) is 14.8 Å². The third kappa shape index (κ3) is 3.27. The van der Waals surface area contributed by atoms with Gasteiger partial charge >= 0.3 is 0 Å². The van der Waals surface area contributed by atoms with Crippen LogP contribution in [-0.2, 0) is 0 Å². The van der Waals surface area contributed by atoms with Crippen LogP contribution in [0.5, 0.6) is 0 Å². The van der Waals surface area contributed by atoms with Crippen molar-refractivity contribution in [2.45, 2.75) is 25.7 Å². The zero-order valence-corrected chi connectivity index (χ0v) is 16.2. The SMILES string of the molecule is Cc1nn(-c2ccc(F)cc2)c(Cl)c1C(=O)Nc1ccc2oc(C3CC3)nc2c1. The Morgan fingerprint density at radius 2 is 2.00 bits per heavy atom. The average Bonchev–Trinajstić information content (AvgIpc) is 3.39. The second-order valence-corrected chi connectivity index (χ2v) is 7.46. The Balaban J connectivity index is 1.43. The maximum absolute atomic E-state index is 13.2. The number of carbonyl (C=O) groups is 1. The molecule has 0 radical (unpaired) electrons. The van der Waals surface area contributed by atoms with Crippen LogP contribution >= 0.6 is 11.6 Å². The number of fused-ring (bicyclic) bond motifs is 1. The molecule has 5 rings (SSSR count). The maximum atomic E-state index is 13.2. The minimum Gasteiger partial charge on any atom is -0.440 e. The van der Waals surface area contributed by atoms with Gasteiger partial charge < -0.3 is 9.73 Å². The summed E-state index contributed by atoms with van der Waals surface area (Å²) in [6, 6.07) is 11.0. The molecule has 1 N–H and O–H groups in total. The molecule has 1 saturated carbocycles. The lowest BCUT2D eigenvalue weighted by molar-refractivity contribution is 0.102. The third-order valence-electron chi connectivity index (χ3n) is 4.89. The topological polar surface area (TPSA) is 73.0 Å². The summed E-state index contributed by atoms with van der Waals surface area (Å²) in [5, 5.41) is 7.33. The largest absolute Gasteiger partial charge is 0.440 e. The van der Waals surface area contributed by atoms with Gasteiger partial charge in [-0.15, -0.1) is 0 Å². The number of aryl methyl sites for hydroxylation is 1. The second kappa shape index (κ2) is 6.70. The molecule has 1 aliphatic rings. The van der Waals surface area contributed by atoms with E-state index in [1.807, 2.05) is 0 Å². The monoisotopic (exact) mass is 410 g/mol. The fourth-order valence-corrected chi connectivity index (χ4v) is 3.59. The fraction of sp³-hybridized carbons (Fsp3) is 0.190. The molecule has 0 aliphatic heterocycles. The van der Waals surface area contributed by atoms with Gasteiger partial charge in [-0.05, 0) is 62.2 Å². The number of oxazole rings is 1. The van der Waals surface area contributed by atoms with Gasteiger partial charge in [0.05, 0.1) is 11.4 Å².